The fourth-order valence-corrected chi connectivity index (χ4v) is 3.33. The van der Waals surface area contributed by atoms with Crippen LogP contribution in [0.15, 0.2) is 30.5 Å². The molecule has 3 rings (SSSR count). The Balaban J connectivity index is 2.01. The molecule has 1 atom stereocenters. The van der Waals surface area contributed by atoms with Gasteiger partial charge in [0.15, 0.2) is 0 Å². The molecule has 1 aliphatic rings. The Hall–Kier alpha value is -2.14. The Morgan fingerprint density at radius 2 is 2.09 bits per heavy atom. The summed E-state index contributed by atoms with van der Waals surface area (Å²) in [5.41, 5.74) is 10.1. The van der Waals surface area contributed by atoms with E-state index in [1.165, 1.54) is 11.3 Å². The van der Waals surface area contributed by atoms with Crippen LogP contribution in [0.25, 0.3) is 5.69 Å². The number of benzene rings is 1. The van der Waals surface area contributed by atoms with Gasteiger partial charge in [0.25, 0.3) is 0 Å². The van der Waals surface area contributed by atoms with Gasteiger partial charge in [0.05, 0.1) is 30.2 Å². The minimum atomic E-state index is -0.123. The third-order valence-corrected chi connectivity index (χ3v) is 4.48. The summed E-state index contributed by atoms with van der Waals surface area (Å²) < 4.78 is 2.00. The second-order valence-corrected chi connectivity index (χ2v) is 7.16. The van der Waals surface area contributed by atoms with Gasteiger partial charge >= 0.3 is 0 Å². The number of aryl methyl sites for hydroxylation is 1. The Labute approximate surface area is 136 Å². The van der Waals surface area contributed by atoms with Crippen molar-refractivity contribution in [3.8, 4) is 5.69 Å². The molecule has 0 saturated heterocycles. The van der Waals surface area contributed by atoms with E-state index in [0.717, 1.165) is 24.1 Å². The lowest BCUT2D eigenvalue weighted by Crippen LogP contribution is -2.39. The second kappa shape index (κ2) is 5.81. The molecule has 5 nitrogen and oxygen atoms in total. The van der Waals surface area contributed by atoms with Crippen molar-refractivity contribution in [1.82, 2.24) is 15.1 Å². The normalized spacial score (nSPS) is 19.2. The Morgan fingerprint density at radius 3 is 2.74 bits per heavy atom. The van der Waals surface area contributed by atoms with Crippen LogP contribution in [0.2, 0.25) is 0 Å². The van der Waals surface area contributed by atoms with Crippen LogP contribution in [-0.2, 0) is 11.2 Å². The van der Waals surface area contributed by atoms with Crippen molar-refractivity contribution in [2.75, 3.05) is 6.54 Å². The predicted molar refractivity (Wildman–Crippen MR) is 90.3 cm³/mol. The van der Waals surface area contributed by atoms with Gasteiger partial charge in [-0.2, -0.15) is 5.10 Å². The van der Waals surface area contributed by atoms with E-state index in [0.29, 0.717) is 0 Å². The number of nitrogens with zero attached hydrogens (tertiary/aromatic N) is 2. The third kappa shape index (κ3) is 3.15. The number of nitrogens with one attached hydrogen (secondary N) is 1. The summed E-state index contributed by atoms with van der Waals surface area (Å²) in [5, 5.41) is 7.62. The number of aromatic nitrogens is 2. The standard InChI is InChI=1S/C18H24N4O/c1-12-4-6-13(7-5-12)22-16-9-18(2,3)8-15(14(16)11-20-22)21-17(23)10-19/h4-7,11,15H,8-10,19H2,1-3H3,(H,21,23). The topological polar surface area (TPSA) is 72.9 Å². The van der Waals surface area contributed by atoms with Gasteiger partial charge in [-0.25, -0.2) is 4.68 Å². The molecule has 0 spiro atoms. The molecule has 1 unspecified atom stereocenters. The van der Waals surface area contributed by atoms with Gasteiger partial charge in [-0.05, 0) is 37.3 Å². The number of hydrogen-bond acceptors (Lipinski definition) is 3. The average molecular weight is 312 g/mol. The van der Waals surface area contributed by atoms with E-state index in [1.807, 2.05) is 10.9 Å². The van der Waals surface area contributed by atoms with Gasteiger partial charge in [-0.3, -0.25) is 4.79 Å². The molecule has 2 aromatic rings. The molecule has 1 amide bonds. The number of fused-ring (bicyclic) bond motifs is 1. The maximum atomic E-state index is 11.8. The van der Waals surface area contributed by atoms with E-state index in [4.69, 9.17) is 5.73 Å². The molecule has 1 aromatic heterocycles. The fourth-order valence-electron chi connectivity index (χ4n) is 3.33. The average Bonchev–Trinajstić information content (AvgIpc) is 2.90. The first-order valence-corrected chi connectivity index (χ1v) is 8.03. The summed E-state index contributed by atoms with van der Waals surface area (Å²) in [7, 11) is 0. The maximum Gasteiger partial charge on any atom is 0.234 e. The van der Waals surface area contributed by atoms with E-state index in [-0.39, 0.29) is 23.9 Å². The zero-order valence-electron chi connectivity index (χ0n) is 14.0. The quantitative estimate of drug-likeness (QED) is 0.913. The van der Waals surface area contributed by atoms with Crippen molar-refractivity contribution in [1.29, 1.82) is 0 Å². The van der Waals surface area contributed by atoms with Crippen molar-refractivity contribution >= 4 is 5.91 Å². The molecule has 0 fully saturated rings. The minimum absolute atomic E-state index is 0.0123. The minimum Gasteiger partial charge on any atom is -0.348 e. The maximum absolute atomic E-state index is 11.8. The number of carbonyl (C=O) groups excluding carboxylic acids is 1. The van der Waals surface area contributed by atoms with Crippen LogP contribution >= 0.6 is 0 Å². The number of nitrogens with two attached hydrogens (primary N) is 1. The lowest BCUT2D eigenvalue weighted by Gasteiger charge is -2.35. The Bertz CT molecular complexity index is 715. The van der Waals surface area contributed by atoms with E-state index in [9.17, 15) is 4.79 Å². The Morgan fingerprint density at radius 1 is 1.39 bits per heavy atom. The Kier molecular flexibility index (Phi) is 3.98. The van der Waals surface area contributed by atoms with Crippen LogP contribution in [0.1, 0.15) is 43.1 Å². The van der Waals surface area contributed by atoms with E-state index in [1.54, 1.807) is 0 Å². The highest BCUT2D eigenvalue weighted by Crippen LogP contribution is 2.41. The van der Waals surface area contributed by atoms with Crippen LogP contribution < -0.4 is 11.1 Å². The van der Waals surface area contributed by atoms with Crippen LogP contribution in [0, 0.1) is 12.3 Å². The summed E-state index contributed by atoms with van der Waals surface area (Å²) in [5.74, 6) is -0.123. The molecule has 23 heavy (non-hydrogen) atoms. The fraction of sp³-hybridized carbons (Fsp3) is 0.444. The van der Waals surface area contributed by atoms with Crippen LogP contribution in [0.4, 0.5) is 0 Å². The summed E-state index contributed by atoms with van der Waals surface area (Å²) in [6.07, 6.45) is 3.71. The molecule has 1 heterocycles. The molecule has 122 valence electrons. The van der Waals surface area contributed by atoms with Crippen LogP contribution in [0.5, 0.6) is 0 Å². The molecule has 0 saturated carbocycles. The molecule has 1 aliphatic carbocycles. The molecule has 0 bridgehead atoms. The zero-order chi connectivity index (χ0) is 16.6. The van der Waals surface area contributed by atoms with Crippen LogP contribution in [-0.4, -0.2) is 22.2 Å². The van der Waals surface area contributed by atoms with Crippen molar-refractivity contribution in [3.05, 3.63) is 47.3 Å². The van der Waals surface area contributed by atoms with Crippen LogP contribution in [0.3, 0.4) is 0 Å². The molecule has 0 aliphatic heterocycles. The van der Waals surface area contributed by atoms with Gasteiger partial charge in [0.1, 0.15) is 0 Å². The number of hydrogen-bond donors (Lipinski definition) is 2. The summed E-state index contributed by atoms with van der Waals surface area (Å²) in [6.45, 7) is 6.54. The number of rotatable bonds is 3. The lowest BCUT2D eigenvalue weighted by molar-refractivity contribution is -0.120. The summed E-state index contributed by atoms with van der Waals surface area (Å²) >= 11 is 0. The molecule has 0 radical (unpaired) electrons. The summed E-state index contributed by atoms with van der Waals surface area (Å²) in [6, 6.07) is 8.31. The highest BCUT2D eigenvalue weighted by Gasteiger charge is 2.35. The number of carbonyl (C=O) groups is 1. The first kappa shape index (κ1) is 15.7. The van der Waals surface area contributed by atoms with E-state index in [2.05, 4.69) is 55.5 Å². The van der Waals surface area contributed by atoms with Gasteiger partial charge < -0.3 is 11.1 Å². The van der Waals surface area contributed by atoms with Crippen molar-refractivity contribution in [2.45, 2.75) is 39.7 Å². The zero-order valence-corrected chi connectivity index (χ0v) is 14.0. The first-order chi connectivity index (χ1) is 10.9. The SMILES string of the molecule is Cc1ccc(-n2ncc3c2CC(C)(C)CC3NC(=O)CN)cc1. The smallest absolute Gasteiger partial charge is 0.234 e. The van der Waals surface area contributed by atoms with Gasteiger partial charge in [0.2, 0.25) is 5.91 Å². The third-order valence-electron chi connectivity index (χ3n) is 4.48. The monoisotopic (exact) mass is 312 g/mol. The van der Waals surface area contributed by atoms with Crippen molar-refractivity contribution in [3.63, 3.8) is 0 Å². The highest BCUT2D eigenvalue weighted by molar-refractivity contribution is 5.78. The highest BCUT2D eigenvalue weighted by atomic mass is 16.1. The predicted octanol–water partition coefficient (Wildman–Crippen LogP) is 2.27. The van der Waals surface area contributed by atoms with Gasteiger partial charge in [0, 0.05) is 5.56 Å². The van der Waals surface area contributed by atoms with Gasteiger partial charge in [-0.15, -0.1) is 0 Å². The molecule has 1 aromatic carbocycles. The van der Waals surface area contributed by atoms with E-state index < -0.39 is 0 Å². The van der Waals surface area contributed by atoms with Crippen molar-refractivity contribution < 1.29 is 4.79 Å². The lowest BCUT2D eigenvalue weighted by atomic mass is 9.74. The molecule has 5 heteroatoms. The molecule has 3 N–H and O–H groups in total. The number of amides is 1. The second-order valence-electron chi connectivity index (χ2n) is 7.16. The molecular formula is C18H24N4O. The molecular weight excluding hydrogens is 288 g/mol. The largest absolute Gasteiger partial charge is 0.348 e. The first-order valence-electron chi connectivity index (χ1n) is 8.03. The van der Waals surface area contributed by atoms with Gasteiger partial charge in [-0.1, -0.05) is 31.5 Å². The summed E-state index contributed by atoms with van der Waals surface area (Å²) in [4.78, 5) is 11.8. The van der Waals surface area contributed by atoms with E-state index >= 15 is 0 Å². The van der Waals surface area contributed by atoms with Crippen molar-refractivity contribution in [2.24, 2.45) is 11.1 Å².